The molecule has 0 spiro atoms. The van der Waals surface area contributed by atoms with Gasteiger partial charge in [-0.25, -0.2) is 0 Å². The summed E-state index contributed by atoms with van der Waals surface area (Å²) in [5.74, 6) is 2.59. The molecule has 264 valence electrons. The smallest absolute Gasteiger partial charge is 0.136 e. The maximum Gasteiger partial charge on any atom is 0.136 e. The number of para-hydroxylation sites is 1. The first-order valence-corrected chi connectivity index (χ1v) is 19.4. The van der Waals surface area contributed by atoms with Crippen molar-refractivity contribution in [3.8, 4) is 34.6 Å². The monoisotopic (exact) mass is 747 g/mol. The van der Waals surface area contributed by atoms with Crippen LogP contribution in [-0.2, 0) is 0 Å². The topological polar surface area (TPSA) is 16.4 Å². The van der Waals surface area contributed by atoms with Crippen LogP contribution in [-0.4, -0.2) is 61.5 Å². The second-order valence-electron chi connectivity index (χ2n) is 14.7. The van der Waals surface area contributed by atoms with Crippen molar-refractivity contribution in [2.45, 2.75) is 0 Å². The van der Waals surface area contributed by atoms with E-state index in [9.17, 15) is 0 Å². The van der Waals surface area contributed by atoms with Crippen LogP contribution in [0.5, 0.6) is 0 Å². The molecule has 0 amide bonds. The highest BCUT2D eigenvalue weighted by Crippen LogP contribution is 2.38. The molecule has 9 aromatic rings. The van der Waals surface area contributed by atoms with Gasteiger partial charge in [-0.1, -0.05) is 161 Å². The Morgan fingerprint density at radius 3 is 1.80 bits per heavy atom. The lowest BCUT2D eigenvalue weighted by Gasteiger charge is -2.34. The van der Waals surface area contributed by atoms with E-state index < -0.39 is 0 Å². The zero-order chi connectivity index (χ0) is 41.7. The Morgan fingerprint density at radius 1 is 0.550 bits per heavy atom. The van der Waals surface area contributed by atoms with Gasteiger partial charge in [0.1, 0.15) is 66.1 Å². The molecule has 2 nitrogen and oxygen atoms in total. The predicted molar refractivity (Wildman–Crippen MR) is 261 cm³/mol. The summed E-state index contributed by atoms with van der Waals surface area (Å²) in [6, 6.07) is 49.8. The third-order valence-electron chi connectivity index (χ3n) is 11.3. The van der Waals surface area contributed by atoms with Gasteiger partial charge in [-0.3, -0.25) is 0 Å². The lowest BCUT2D eigenvalue weighted by molar-refractivity contribution is 0.669. The maximum absolute atomic E-state index is 7.08. The summed E-state index contributed by atoms with van der Waals surface area (Å²) < 4.78 is 6.20. The van der Waals surface area contributed by atoms with Gasteiger partial charge in [0.15, 0.2) is 0 Å². The fourth-order valence-electron chi connectivity index (χ4n) is 8.34. The minimum Gasteiger partial charge on any atom is -0.456 e. The molecule has 0 N–H and O–H groups in total. The maximum atomic E-state index is 7.08. The van der Waals surface area contributed by atoms with Crippen LogP contribution in [0.25, 0.3) is 71.3 Å². The second-order valence-corrected chi connectivity index (χ2v) is 14.7. The normalized spacial score (nSPS) is 12.4. The predicted octanol–water partition coefficient (Wildman–Crippen LogP) is 7.30. The number of hydrogen-bond donors (Lipinski definition) is 0. The van der Waals surface area contributed by atoms with E-state index in [1.54, 1.807) is 0 Å². The van der Waals surface area contributed by atoms with Gasteiger partial charge < -0.3 is 9.32 Å². The molecule has 8 aromatic carbocycles. The molecule has 0 aliphatic rings. The van der Waals surface area contributed by atoms with Crippen molar-refractivity contribution in [1.82, 2.24) is 0 Å². The summed E-state index contributed by atoms with van der Waals surface area (Å²) in [4.78, 5) is 1.87. The molecule has 0 atom stereocenters. The number of allylic oxidation sites excluding steroid dienone is 3. The second kappa shape index (κ2) is 15.9. The van der Waals surface area contributed by atoms with E-state index in [1.165, 1.54) is 0 Å². The van der Waals surface area contributed by atoms with Crippen LogP contribution in [0.1, 0.15) is 5.56 Å². The Bertz CT molecular complexity index is 3240. The average Bonchev–Trinajstić information content (AvgIpc) is 3.67. The largest absolute Gasteiger partial charge is 0.456 e. The number of fused-ring (bicyclic) bond motifs is 5. The minimum absolute atomic E-state index is 0.000141. The van der Waals surface area contributed by atoms with Crippen molar-refractivity contribution in [3.63, 3.8) is 0 Å². The summed E-state index contributed by atoms with van der Waals surface area (Å²) >= 11 is 0. The molecular weight excluding hydrogens is 718 g/mol. The van der Waals surface area contributed by atoms with Crippen molar-refractivity contribution < 1.29 is 4.42 Å². The molecule has 1 aromatic heterocycles. The highest BCUT2D eigenvalue weighted by atomic mass is 16.3. The molecule has 0 unspecified atom stereocenters. The first kappa shape index (κ1) is 38.9. The van der Waals surface area contributed by atoms with Crippen molar-refractivity contribution in [1.29, 1.82) is 0 Å². The van der Waals surface area contributed by atoms with Gasteiger partial charge in [-0.05, 0) is 84.7 Å². The van der Waals surface area contributed by atoms with Gasteiger partial charge in [0.05, 0.1) is 0 Å². The fourth-order valence-corrected chi connectivity index (χ4v) is 8.34. The van der Waals surface area contributed by atoms with Crippen molar-refractivity contribution in [3.05, 3.63) is 174 Å². The van der Waals surface area contributed by atoms with E-state index in [0.29, 0.717) is 22.5 Å². The first-order valence-electron chi connectivity index (χ1n) is 19.4. The van der Waals surface area contributed by atoms with Crippen molar-refractivity contribution >= 4 is 137 Å². The minimum atomic E-state index is 0.000141. The lowest BCUT2D eigenvalue weighted by atomic mass is 9.64. The Hall–Kier alpha value is -6.63. The van der Waals surface area contributed by atoms with E-state index in [4.69, 9.17) is 65.8 Å². The van der Waals surface area contributed by atoms with Gasteiger partial charge in [0.25, 0.3) is 0 Å². The van der Waals surface area contributed by atoms with Crippen LogP contribution in [0.4, 0.5) is 11.4 Å². The molecule has 9 rings (SSSR count). The zero-order valence-corrected chi connectivity index (χ0v) is 32.6. The molecule has 60 heavy (non-hydrogen) atoms. The SMILES string of the molecule is [B]/C(CN(c1ccc(-c2cccc3oc4ccccc4c23)cc1)c1c([B])c([B])c(-c2cccc3ccccc23)c([B])c1[B])=C([B])/C(=C(/[B])C#C)c1cccc2ccccc12. The van der Waals surface area contributed by atoms with E-state index in [-0.39, 0.29) is 44.8 Å². The van der Waals surface area contributed by atoms with Crippen LogP contribution in [0.3, 0.4) is 0 Å². The quantitative estimate of drug-likeness (QED) is 0.0923. The lowest BCUT2D eigenvalue weighted by Crippen LogP contribution is -2.47. The molecule has 0 saturated carbocycles. The summed E-state index contributed by atoms with van der Waals surface area (Å²) in [7, 11) is 48.8. The number of benzene rings is 8. The van der Waals surface area contributed by atoms with E-state index in [2.05, 4.69) is 18.1 Å². The number of furan rings is 1. The Balaban J connectivity index is 1.22. The summed E-state index contributed by atoms with van der Waals surface area (Å²) in [5, 5.41) is 5.93. The summed E-state index contributed by atoms with van der Waals surface area (Å²) in [5.41, 5.74) is 8.79. The van der Waals surface area contributed by atoms with Crippen molar-refractivity contribution in [2.75, 3.05) is 11.4 Å². The van der Waals surface area contributed by atoms with E-state index in [1.807, 2.05) is 144 Å². The van der Waals surface area contributed by atoms with Crippen LogP contribution in [0.2, 0.25) is 0 Å². The number of terminal acetylenes is 1. The van der Waals surface area contributed by atoms with Crippen LogP contribution in [0.15, 0.2) is 172 Å². The average molecular weight is 746 g/mol. The van der Waals surface area contributed by atoms with Crippen LogP contribution < -0.4 is 26.8 Å². The number of nitrogens with zero attached hydrogens (tertiary/aromatic N) is 1. The van der Waals surface area contributed by atoms with Crippen LogP contribution >= 0.6 is 0 Å². The van der Waals surface area contributed by atoms with Gasteiger partial charge in [0, 0.05) is 28.7 Å². The zero-order valence-electron chi connectivity index (χ0n) is 32.6. The van der Waals surface area contributed by atoms with Crippen molar-refractivity contribution in [2.24, 2.45) is 0 Å². The van der Waals surface area contributed by atoms with Gasteiger partial charge in [0.2, 0.25) is 0 Å². The van der Waals surface area contributed by atoms with Gasteiger partial charge >= 0.3 is 0 Å². The van der Waals surface area contributed by atoms with Gasteiger partial charge in [-0.15, -0.1) is 11.9 Å². The third kappa shape index (κ3) is 6.62. The molecule has 0 bridgehead atoms. The molecule has 1 heterocycles. The Labute approximate surface area is 359 Å². The Morgan fingerprint density at radius 2 is 1.10 bits per heavy atom. The molecule has 0 aliphatic heterocycles. The standard InChI is InChI=1S/C51H28B7NO/c1-2-39(52)44(36-20-9-14-29-12-3-5-16-33(29)36)46(54)40(53)28-59(32-26-24-31(25-27-32)35-19-11-23-42-43(35)38-18-7-8-22-41(38)60-42)51-49(57)47(55)45(48(56)50(51)58)37-21-10-15-30-13-4-6-17-34(30)37/h1,3-27H,28H2/b44-39+,46-40-. The highest BCUT2D eigenvalue weighted by Gasteiger charge is 2.23. The van der Waals surface area contributed by atoms with E-state index >= 15 is 0 Å². The molecule has 9 heteroatoms. The number of hydrogen-bond acceptors (Lipinski definition) is 2. The first-order chi connectivity index (χ1) is 29.2. The van der Waals surface area contributed by atoms with Crippen LogP contribution in [0, 0.1) is 12.3 Å². The molecule has 0 fully saturated rings. The molecular formula is C51H28B7NO. The number of rotatable bonds is 8. The number of anilines is 2. The Kier molecular flexibility index (Phi) is 10.3. The molecule has 0 saturated heterocycles. The van der Waals surface area contributed by atoms with E-state index in [0.717, 1.165) is 65.7 Å². The summed E-state index contributed by atoms with van der Waals surface area (Å²) in [6.07, 6.45) is 5.94. The molecule has 0 aliphatic carbocycles. The summed E-state index contributed by atoms with van der Waals surface area (Å²) in [6.45, 7) is 0.000141. The molecule has 14 radical (unpaired) electrons. The fraction of sp³-hybridized carbons (Fsp3) is 0.0196. The van der Waals surface area contributed by atoms with Gasteiger partial charge in [-0.2, -0.15) is 0 Å². The third-order valence-corrected chi connectivity index (χ3v) is 11.3. The highest BCUT2D eigenvalue weighted by molar-refractivity contribution is 6.63.